The van der Waals surface area contributed by atoms with E-state index in [4.69, 9.17) is 4.74 Å². The van der Waals surface area contributed by atoms with Crippen molar-refractivity contribution in [3.63, 3.8) is 0 Å². The molecule has 1 aromatic carbocycles. The van der Waals surface area contributed by atoms with Crippen LogP contribution in [0.5, 0.6) is 0 Å². The van der Waals surface area contributed by atoms with Crippen LogP contribution in [0, 0.1) is 0 Å². The molecular weight excluding hydrogens is 286 g/mol. The Balaban J connectivity index is 1.68. The molecule has 1 amide bonds. The molecule has 2 heterocycles. The summed E-state index contributed by atoms with van der Waals surface area (Å²) in [5, 5.41) is 10.5. The minimum atomic E-state index is -0.798. The van der Waals surface area contributed by atoms with Crippen LogP contribution in [0.3, 0.4) is 0 Å². The molecule has 3 rings (SSSR count). The molecule has 0 radical (unpaired) electrons. The summed E-state index contributed by atoms with van der Waals surface area (Å²) in [7, 11) is 1.79. The quantitative estimate of drug-likeness (QED) is 0.926. The molecule has 1 atom stereocenters. The van der Waals surface area contributed by atoms with Crippen LogP contribution in [0.1, 0.15) is 24.3 Å². The maximum Gasteiger partial charge on any atom is 0.230 e. The monoisotopic (exact) mass is 307 g/mol. The van der Waals surface area contributed by atoms with E-state index in [-0.39, 0.29) is 11.8 Å². The third-order valence-electron chi connectivity index (χ3n) is 4.33. The van der Waals surface area contributed by atoms with Gasteiger partial charge in [0.15, 0.2) is 0 Å². The molecule has 0 aromatic heterocycles. The molecule has 21 heavy (non-hydrogen) atoms. The molecule has 2 aliphatic rings. The van der Waals surface area contributed by atoms with E-state index in [1.54, 1.807) is 23.7 Å². The van der Waals surface area contributed by atoms with E-state index in [1.165, 1.54) is 4.90 Å². The molecule has 1 aromatic rings. The number of fused-ring (bicyclic) bond motifs is 1. The van der Waals surface area contributed by atoms with Crippen molar-refractivity contribution in [2.24, 2.45) is 0 Å². The number of benzene rings is 1. The number of likely N-dealkylation sites (N-methyl/N-ethyl adjacent to an activating group) is 1. The van der Waals surface area contributed by atoms with E-state index in [9.17, 15) is 9.90 Å². The van der Waals surface area contributed by atoms with Gasteiger partial charge >= 0.3 is 0 Å². The maximum absolute atomic E-state index is 12.7. The van der Waals surface area contributed by atoms with Crippen molar-refractivity contribution in [1.29, 1.82) is 0 Å². The Labute approximate surface area is 129 Å². The first-order valence-electron chi connectivity index (χ1n) is 7.36. The summed E-state index contributed by atoms with van der Waals surface area (Å²) in [6, 6.07) is 8.10. The number of aliphatic hydroxyl groups is 1. The van der Waals surface area contributed by atoms with Crippen LogP contribution in [0.25, 0.3) is 0 Å². The smallest absolute Gasteiger partial charge is 0.230 e. The van der Waals surface area contributed by atoms with Crippen LogP contribution in [0.15, 0.2) is 29.2 Å². The zero-order chi connectivity index (χ0) is 14.9. The van der Waals surface area contributed by atoms with Gasteiger partial charge < -0.3 is 14.7 Å². The molecular formula is C16H21NO3S. The fraction of sp³-hybridized carbons (Fsp3) is 0.562. The number of amides is 1. The zero-order valence-corrected chi connectivity index (χ0v) is 13.1. The number of hydrogen-bond donors (Lipinski definition) is 1. The van der Waals surface area contributed by atoms with Gasteiger partial charge in [-0.1, -0.05) is 18.2 Å². The van der Waals surface area contributed by atoms with E-state index < -0.39 is 5.60 Å². The molecule has 2 aliphatic heterocycles. The number of carbonyl (C=O) groups excluding carboxylic acids is 1. The third-order valence-corrected chi connectivity index (χ3v) is 5.51. The summed E-state index contributed by atoms with van der Waals surface area (Å²) < 4.78 is 5.29. The van der Waals surface area contributed by atoms with E-state index >= 15 is 0 Å². The van der Waals surface area contributed by atoms with Crippen LogP contribution in [0.2, 0.25) is 0 Å². The van der Waals surface area contributed by atoms with Gasteiger partial charge in [-0.2, -0.15) is 0 Å². The Morgan fingerprint density at radius 1 is 1.43 bits per heavy atom. The summed E-state index contributed by atoms with van der Waals surface area (Å²) in [6.07, 6.45) is 1.20. The minimum Gasteiger partial charge on any atom is -0.388 e. The second-order valence-electron chi connectivity index (χ2n) is 5.93. The van der Waals surface area contributed by atoms with Gasteiger partial charge in [0, 0.05) is 50.3 Å². The molecule has 0 spiro atoms. The second-order valence-corrected chi connectivity index (χ2v) is 6.99. The largest absolute Gasteiger partial charge is 0.388 e. The van der Waals surface area contributed by atoms with E-state index in [2.05, 4.69) is 6.07 Å². The van der Waals surface area contributed by atoms with Crippen LogP contribution in [0.4, 0.5) is 0 Å². The molecule has 0 bridgehead atoms. The topological polar surface area (TPSA) is 49.8 Å². The van der Waals surface area contributed by atoms with Gasteiger partial charge in [0.25, 0.3) is 0 Å². The standard InChI is InChI=1S/C16H21NO3S/c1-17(11-16(19)6-8-20-9-7-16)15(18)13-10-21-14-5-3-2-4-12(13)14/h2-5,13,19H,6-11H2,1H3. The number of carbonyl (C=O) groups is 1. The van der Waals surface area contributed by atoms with Gasteiger partial charge in [0.05, 0.1) is 11.5 Å². The van der Waals surface area contributed by atoms with Gasteiger partial charge in [-0.15, -0.1) is 11.8 Å². The van der Waals surface area contributed by atoms with Gasteiger partial charge in [-0.3, -0.25) is 4.79 Å². The minimum absolute atomic E-state index is 0.0837. The van der Waals surface area contributed by atoms with Crippen molar-refractivity contribution in [2.45, 2.75) is 29.3 Å². The predicted molar refractivity (Wildman–Crippen MR) is 82.5 cm³/mol. The average molecular weight is 307 g/mol. The normalized spacial score (nSPS) is 23.6. The molecule has 1 fully saturated rings. The molecule has 1 saturated heterocycles. The highest BCUT2D eigenvalue weighted by molar-refractivity contribution is 7.99. The van der Waals surface area contributed by atoms with Crippen LogP contribution in [-0.2, 0) is 9.53 Å². The summed E-state index contributed by atoms with van der Waals surface area (Å²) in [5.41, 5.74) is 0.326. The van der Waals surface area contributed by atoms with Crippen LogP contribution in [-0.4, -0.2) is 54.1 Å². The van der Waals surface area contributed by atoms with Crippen LogP contribution < -0.4 is 0 Å². The highest BCUT2D eigenvalue weighted by Gasteiger charge is 2.36. The predicted octanol–water partition coefficient (Wildman–Crippen LogP) is 1.88. The Morgan fingerprint density at radius 3 is 2.90 bits per heavy atom. The Morgan fingerprint density at radius 2 is 2.14 bits per heavy atom. The van der Waals surface area contributed by atoms with Crippen molar-refractivity contribution >= 4 is 17.7 Å². The molecule has 1 unspecified atom stereocenters. The summed E-state index contributed by atoms with van der Waals surface area (Å²) in [4.78, 5) is 15.6. The lowest BCUT2D eigenvalue weighted by atomic mass is 9.93. The molecule has 0 saturated carbocycles. The Hall–Kier alpha value is -1.04. The first kappa shape index (κ1) is 14.9. The lowest BCUT2D eigenvalue weighted by molar-refractivity contribution is -0.137. The third kappa shape index (κ3) is 3.10. The Bertz CT molecular complexity index is 528. The number of nitrogens with zero attached hydrogens (tertiary/aromatic N) is 1. The van der Waals surface area contributed by atoms with Gasteiger partial charge in [0.2, 0.25) is 5.91 Å². The summed E-state index contributed by atoms with van der Waals surface area (Å²) >= 11 is 1.74. The van der Waals surface area contributed by atoms with E-state index in [0.717, 1.165) is 11.3 Å². The summed E-state index contributed by atoms with van der Waals surface area (Å²) in [6.45, 7) is 1.53. The molecule has 0 aliphatic carbocycles. The molecule has 4 nitrogen and oxygen atoms in total. The molecule has 1 N–H and O–H groups in total. The number of thioether (sulfide) groups is 1. The molecule has 114 valence electrons. The number of rotatable bonds is 3. The van der Waals surface area contributed by atoms with Crippen LogP contribution >= 0.6 is 11.8 Å². The zero-order valence-electron chi connectivity index (χ0n) is 12.2. The van der Waals surface area contributed by atoms with E-state index in [0.29, 0.717) is 32.6 Å². The fourth-order valence-corrected chi connectivity index (χ4v) is 4.28. The Kier molecular flexibility index (Phi) is 4.24. The first-order chi connectivity index (χ1) is 10.1. The maximum atomic E-state index is 12.7. The summed E-state index contributed by atoms with van der Waals surface area (Å²) in [5.74, 6) is 0.816. The number of ether oxygens (including phenoxy) is 1. The lowest BCUT2D eigenvalue weighted by Crippen LogP contribution is -2.48. The average Bonchev–Trinajstić information content (AvgIpc) is 2.90. The van der Waals surface area contributed by atoms with E-state index in [1.807, 2.05) is 18.2 Å². The first-order valence-corrected chi connectivity index (χ1v) is 8.34. The molecule has 5 heteroatoms. The second kappa shape index (κ2) is 5.99. The van der Waals surface area contributed by atoms with Crippen molar-refractivity contribution in [3.05, 3.63) is 29.8 Å². The van der Waals surface area contributed by atoms with Crippen molar-refractivity contribution in [1.82, 2.24) is 4.90 Å². The number of hydrogen-bond acceptors (Lipinski definition) is 4. The highest BCUT2D eigenvalue weighted by Crippen LogP contribution is 2.40. The SMILES string of the molecule is CN(CC1(O)CCOCC1)C(=O)C1CSc2ccccc21. The van der Waals surface area contributed by atoms with Crippen molar-refractivity contribution < 1.29 is 14.6 Å². The fourth-order valence-electron chi connectivity index (χ4n) is 3.06. The van der Waals surface area contributed by atoms with Gasteiger partial charge in [-0.25, -0.2) is 0 Å². The highest BCUT2D eigenvalue weighted by atomic mass is 32.2. The van der Waals surface area contributed by atoms with Crippen molar-refractivity contribution in [2.75, 3.05) is 32.6 Å². The van der Waals surface area contributed by atoms with Gasteiger partial charge in [-0.05, 0) is 11.6 Å². The lowest BCUT2D eigenvalue weighted by Gasteiger charge is -2.36. The van der Waals surface area contributed by atoms with Gasteiger partial charge in [0.1, 0.15) is 0 Å². The van der Waals surface area contributed by atoms with Crippen molar-refractivity contribution in [3.8, 4) is 0 Å².